The van der Waals surface area contributed by atoms with Gasteiger partial charge in [-0.2, -0.15) is 0 Å². The number of methoxy groups -OCH3 is 3. The number of rotatable bonds is 7. The van der Waals surface area contributed by atoms with Gasteiger partial charge < -0.3 is 23.7 Å². The lowest BCUT2D eigenvalue weighted by atomic mass is 9.95. The first kappa shape index (κ1) is 28.3. The fourth-order valence-electron chi connectivity index (χ4n) is 4.27. The molecule has 1 unspecified atom stereocenters. The third-order valence-corrected chi connectivity index (χ3v) is 6.91. The second-order valence-electron chi connectivity index (χ2n) is 8.58. The maximum absolute atomic E-state index is 13.8. The summed E-state index contributed by atoms with van der Waals surface area (Å²) in [7, 11) is 4.11. The van der Waals surface area contributed by atoms with Crippen molar-refractivity contribution in [1.29, 1.82) is 0 Å². The molecule has 0 bridgehead atoms. The quantitative estimate of drug-likeness (QED) is 0.312. The number of fused-ring (bicyclic) bond motifs is 1. The summed E-state index contributed by atoms with van der Waals surface area (Å²) < 4.78 is 27.9. The van der Waals surface area contributed by atoms with Gasteiger partial charge in [-0.25, -0.2) is 9.79 Å². The van der Waals surface area contributed by atoms with Crippen LogP contribution in [0.2, 0.25) is 0 Å². The highest BCUT2D eigenvalue weighted by molar-refractivity contribution is 7.07. The van der Waals surface area contributed by atoms with Gasteiger partial charge >= 0.3 is 17.9 Å². The maximum Gasteiger partial charge on any atom is 0.338 e. The molecule has 0 amide bonds. The second-order valence-corrected chi connectivity index (χ2v) is 9.59. The number of aromatic nitrogens is 1. The lowest BCUT2D eigenvalue weighted by Crippen LogP contribution is -2.39. The largest absolute Gasteiger partial charge is 0.493 e. The standard InChI is InChI=1S/C28H26N2O9S/c1-14-24(27(34)37-6)25(18-8-10-20(39-16(3)32)22(13-18)36-5)30-26(33)23(40-28(30)29-14)12-17-7-9-19(38-15(2)31)21(11-17)35-4/h7-13,25H,1-6H3/b23-12+. The number of benzene rings is 2. The molecular weight excluding hydrogens is 540 g/mol. The van der Waals surface area contributed by atoms with Gasteiger partial charge in [-0.3, -0.25) is 19.0 Å². The Kier molecular flexibility index (Phi) is 8.19. The normalized spacial score (nSPS) is 14.7. The molecule has 4 rings (SSSR count). The molecule has 0 fully saturated rings. The summed E-state index contributed by atoms with van der Waals surface area (Å²) in [5.74, 6) is -0.659. The first-order chi connectivity index (χ1) is 19.1. The van der Waals surface area contributed by atoms with Crippen LogP contribution in [0.4, 0.5) is 0 Å². The number of thiazole rings is 1. The number of carbonyl (C=O) groups excluding carboxylic acids is 3. The van der Waals surface area contributed by atoms with E-state index in [1.54, 1.807) is 43.3 Å². The first-order valence-electron chi connectivity index (χ1n) is 11.9. The predicted molar refractivity (Wildman–Crippen MR) is 144 cm³/mol. The third-order valence-electron chi connectivity index (χ3n) is 5.92. The SMILES string of the molecule is COC(=O)C1=C(C)N=c2s/c(=C/c3ccc(OC(C)=O)c(OC)c3)c(=O)n2C1c1ccc(OC(C)=O)c(OC)c1. The van der Waals surface area contributed by atoms with E-state index >= 15 is 0 Å². The van der Waals surface area contributed by atoms with Crippen molar-refractivity contribution in [1.82, 2.24) is 4.57 Å². The number of ether oxygens (including phenoxy) is 5. The van der Waals surface area contributed by atoms with Crippen molar-refractivity contribution in [2.24, 2.45) is 4.99 Å². The fourth-order valence-corrected chi connectivity index (χ4v) is 5.31. The minimum absolute atomic E-state index is 0.177. The van der Waals surface area contributed by atoms with E-state index in [1.165, 1.54) is 45.8 Å². The monoisotopic (exact) mass is 566 g/mol. The van der Waals surface area contributed by atoms with Crippen molar-refractivity contribution in [3.63, 3.8) is 0 Å². The number of esters is 3. The number of hydrogen-bond donors (Lipinski definition) is 0. The lowest BCUT2D eigenvalue weighted by Gasteiger charge is -2.25. The molecular formula is C28H26N2O9S. The fraction of sp³-hybridized carbons (Fsp3) is 0.250. The van der Waals surface area contributed by atoms with Crippen molar-refractivity contribution < 1.29 is 38.1 Å². The number of nitrogens with zero attached hydrogens (tertiary/aromatic N) is 2. The summed E-state index contributed by atoms with van der Waals surface area (Å²) in [5.41, 5.74) is 1.30. The van der Waals surface area contributed by atoms with Gasteiger partial charge in [0.05, 0.1) is 43.2 Å². The van der Waals surface area contributed by atoms with Crippen molar-refractivity contribution in [2.45, 2.75) is 26.8 Å². The Morgan fingerprint density at radius 2 is 1.50 bits per heavy atom. The van der Waals surface area contributed by atoms with Gasteiger partial charge in [0.1, 0.15) is 0 Å². The number of carbonyl (C=O) groups is 3. The Morgan fingerprint density at radius 1 is 0.900 bits per heavy atom. The van der Waals surface area contributed by atoms with Gasteiger partial charge in [0.25, 0.3) is 5.56 Å². The summed E-state index contributed by atoms with van der Waals surface area (Å²) in [4.78, 5) is 54.5. The van der Waals surface area contributed by atoms with Crippen LogP contribution in [0.3, 0.4) is 0 Å². The average Bonchev–Trinajstić information content (AvgIpc) is 3.21. The van der Waals surface area contributed by atoms with Crippen molar-refractivity contribution in [3.8, 4) is 23.0 Å². The van der Waals surface area contributed by atoms with E-state index in [0.717, 1.165) is 11.3 Å². The molecule has 11 nitrogen and oxygen atoms in total. The summed E-state index contributed by atoms with van der Waals surface area (Å²) in [6.45, 7) is 4.22. The van der Waals surface area contributed by atoms with Gasteiger partial charge in [0.2, 0.25) is 0 Å². The van der Waals surface area contributed by atoms with Gasteiger partial charge in [0, 0.05) is 13.8 Å². The topological polar surface area (TPSA) is 132 Å². The smallest absolute Gasteiger partial charge is 0.338 e. The molecule has 1 aliphatic rings. The molecule has 1 aromatic heterocycles. The summed E-state index contributed by atoms with van der Waals surface area (Å²) in [6, 6.07) is 8.77. The molecule has 1 atom stereocenters. The molecule has 2 heterocycles. The van der Waals surface area contributed by atoms with Crippen LogP contribution in [0, 0.1) is 0 Å². The Balaban J connectivity index is 1.91. The molecule has 0 saturated heterocycles. The zero-order valence-corrected chi connectivity index (χ0v) is 23.4. The van der Waals surface area contributed by atoms with Crippen LogP contribution in [-0.4, -0.2) is 43.8 Å². The highest BCUT2D eigenvalue weighted by atomic mass is 32.1. The average molecular weight is 567 g/mol. The zero-order chi connectivity index (χ0) is 29.1. The number of allylic oxidation sites excluding steroid dienone is 1. The van der Waals surface area contributed by atoms with Crippen LogP contribution >= 0.6 is 11.3 Å². The van der Waals surface area contributed by atoms with Crippen LogP contribution < -0.4 is 33.8 Å². The van der Waals surface area contributed by atoms with Crippen LogP contribution in [0.5, 0.6) is 23.0 Å². The molecule has 0 N–H and O–H groups in total. The molecule has 12 heteroatoms. The van der Waals surface area contributed by atoms with Gasteiger partial charge in [-0.05, 0) is 48.4 Å². The molecule has 0 saturated carbocycles. The molecule has 0 spiro atoms. The minimum atomic E-state index is -0.896. The molecule has 2 aromatic carbocycles. The van der Waals surface area contributed by atoms with Gasteiger partial charge in [-0.1, -0.05) is 23.5 Å². The maximum atomic E-state index is 13.8. The Morgan fingerprint density at radius 3 is 2.08 bits per heavy atom. The molecule has 1 aliphatic heterocycles. The summed E-state index contributed by atoms with van der Waals surface area (Å²) in [5, 5.41) is 0. The van der Waals surface area contributed by atoms with Crippen LogP contribution in [0.15, 0.2) is 57.5 Å². The van der Waals surface area contributed by atoms with Crippen molar-refractivity contribution >= 4 is 35.3 Å². The predicted octanol–water partition coefficient (Wildman–Crippen LogP) is 2.28. The van der Waals surface area contributed by atoms with E-state index in [2.05, 4.69) is 4.99 Å². The Labute approximate surface area is 232 Å². The highest BCUT2D eigenvalue weighted by Gasteiger charge is 2.33. The van der Waals surface area contributed by atoms with E-state index in [4.69, 9.17) is 23.7 Å². The Bertz CT molecular complexity index is 1730. The number of hydrogen-bond acceptors (Lipinski definition) is 11. The summed E-state index contributed by atoms with van der Waals surface area (Å²) in [6.07, 6.45) is 1.66. The van der Waals surface area contributed by atoms with E-state index < -0.39 is 29.5 Å². The van der Waals surface area contributed by atoms with Crippen molar-refractivity contribution in [3.05, 3.63) is 78.5 Å². The van der Waals surface area contributed by atoms with E-state index in [0.29, 0.717) is 31.9 Å². The van der Waals surface area contributed by atoms with Gasteiger partial charge in [-0.15, -0.1) is 0 Å². The second kappa shape index (κ2) is 11.6. The van der Waals surface area contributed by atoms with Gasteiger partial charge in [0.15, 0.2) is 27.8 Å². The van der Waals surface area contributed by atoms with E-state index in [-0.39, 0.29) is 22.8 Å². The van der Waals surface area contributed by atoms with Crippen LogP contribution in [0.1, 0.15) is 37.9 Å². The van der Waals surface area contributed by atoms with Crippen LogP contribution in [-0.2, 0) is 19.1 Å². The molecule has 0 radical (unpaired) electrons. The molecule has 208 valence electrons. The first-order valence-corrected chi connectivity index (χ1v) is 12.7. The zero-order valence-electron chi connectivity index (χ0n) is 22.6. The molecule has 40 heavy (non-hydrogen) atoms. The lowest BCUT2D eigenvalue weighted by molar-refractivity contribution is -0.136. The minimum Gasteiger partial charge on any atom is -0.493 e. The van der Waals surface area contributed by atoms with E-state index in [1.807, 2.05) is 0 Å². The summed E-state index contributed by atoms with van der Waals surface area (Å²) >= 11 is 1.15. The Hall–Kier alpha value is -4.71. The van der Waals surface area contributed by atoms with Crippen LogP contribution in [0.25, 0.3) is 6.08 Å². The molecule has 3 aromatic rings. The molecule has 0 aliphatic carbocycles. The van der Waals surface area contributed by atoms with E-state index in [9.17, 15) is 19.2 Å². The van der Waals surface area contributed by atoms with Crippen molar-refractivity contribution in [2.75, 3.05) is 21.3 Å². The highest BCUT2D eigenvalue weighted by Crippen LogP contribution is 2.36. The third kappa shape index (κ3) is 5.52.